The summed E-state index contributed by atoms with van der Waals surface area (Å²) in [5.41, 5.74) is 1.75. The van der Waals surface area contributed by atoms with E-state index in [2.05, 4.69) is 20.8 Å². The van der Waals surface area contributed by atoms with Crippen LogP contribution in [0.4, 0.5) is 0 Å². The number of ether oxygens (including phenoxy) is 1. The van der Waals surface area contributed by atoms with Crippen molar-refractivity contribution in [3.05, 3.63) is 29.3 Å². The molecular formula is C20H30N2O3. The Bertz CT molecular complexity index is 605. The zero-order chi connectivity index (χ0) is 18.4. The molecule has 1 aliphatic heterocycles. The van der Waals surface area contributed by atoms with E-state index in [-0.39, 0.29) is 11.8 Å². The van der Waals surface area contributed by atoms with Gasteiger partial charge < -0.3 is 14.5 Å². The molecule has 2 amide bonds. The second-order valence-corrected chi connectivity index (χ2v) is 6.89. The highest BCUT2D eigenvalue weighted by Gasteiger charge is 2.26. The zero-order valence-corrected chi connectivity index (χ0v) is 15.9. The number of hydrogen-bond acceptors (Lipinski definition) is 3. The predicted molar refractivity (Wildman–Crippen MR) is 99.1 cm³/mol. The lowest BCUT2D eigenvalue weighted by Crippen LogP contribution is -2.50. The topological polar surface area (TPSA) is 49.9 Å². The molecule has 1 aromatic carbocycles. The minimum Gasteiger partial charge on any atom is -0.496 e. The predicted octanol–water partition coefficient (Wildman–Crippen LogP) is 3.29. The number of carbonyl (C=O) groups is 2. The molecule has 1 fully saturated rings. The van der Waals surface area contributed by atoms with Crippen molar-refractivity contribution >= 4 is 11.8 Å². The molecule has 1 aromatic rings. The van der Waals surface area contributed by atoms with Crippen molar-refractivity contribution in [3.63, 3.8) is 0 Å². The van der Waals surface area contributed by atoms with Crippen LogP contribution in [0.15, 0.2) is 18.2 Å². The van der Waals surface area contributed by atoms with Crippen molar-refractivity contribution in [2.75, 3.05) is 33.3 Å². The molecule has 0 atom stereocenters. The van der Waals surface area contributed by atoms with Gasteiger partial charge in [0.05, 0.1) is 12.7 Å². The average Bonchev–Trinajstić information content (AvgIpc) is 2.65. The fraction of sp³-hybridized carbons (Fsp3) is 0.600. The summed E-state index contributed by atoms with van der Waals surface area (Å²) in [5.74, 6) is 1.19. The first-order valence-corrected chi connectivity index (χ1v) is 9.22. The number of amides is 2. The van der Waals surface area contributed by atoms with Gasteiger partial charge in [-0.05, 0) is 30.0 Å². The van der Waals surface area contributed by atoms with Gasteiger partial charge in [0.1, 0.15) is 5.75 Å². The second kappa shape index (κ2) is 8.88. The molecule has 0 aliphatic carbocycles. The lowest BCUT2D eigenvalue weighted by atomic mass is 10.0. The van der Waals surface area contributed by atoms with Crippen LogP contribution in [0, 0.1) is 0 Å². The molecule has 0 aromatic heterocycles. The van der Waals surface area contributed by atoms with E-state index in [1.54, 1.807) is 7.11 Å². The summed E-state index contributed by atoms with van der Waals surface area (Å²) in [4.78, 5) is 28.6. The summed E-state index contributed by atoms with van der Waals surface area (Å²) in [5, 5.41) is 0. The maximum atomic E-state index is 12.9. The highest BCUT2D eigenvalue weighted by Crippen LogP contribution is 2.26. The maximum absolute atomic E-state index is 12.9. The Morgan fingerprint density at radius 2 is 1.76 bits per heavy atom. The minimum atomic E-state index is -0.0205. The number of piperazine rings is 1. The van der Waals surface area contributed by atoms with Crippen molar-refractivity contribution in [2.24, 2.45) is 0 Å². The van der Waals surface area contributed by atoms with E-state index in [9.17, 15) is 9.59 Å². The van der Waals surface area contributed by atoms with Gasteiger partial charge in [-0.25, -0.2) is 0 Å². The molecule has 1 heterocycles. The highest BCUT2D eigenvalue weighted by atomic mass is 16.5. The van der Waals surface area contributed by atoms with E-state index in [1.165, 1.54) is 0 Å². The van der Waals surface area contributed by atoms with Gasteiger partial charge in [-0.3, -0.25) is 9.59 Å². The summed E-state index contributed by atoms with van der Waals surface area (Å²) in [6, 6.07) is 5.79. The molecule has 0 N–H and O–H groups in total. The Kier molecular flexibility index (Phi) is 6.85. The van der Waals surface area contributed by atoms with E-state index >= 15 is 0 Å². The third kappa shape index (κ3) is 4.74. The van der Waals surface area contributed by atoms with Gasteiger partial charge in [-0.15, -0.1) is 0 Å². The first-order chi connectivity index (χ1) is 12.0. The van der Waals surface area contributed by atoms with Crippen LogP contribution in [0.2, 0.25) is 0 Å². The van der Waals surface area contributed by atoms with Crippen LogP contribution < -0.4 is 4.74 Å². The van der Waals surface area contributed by atoms with Crippen molar-refractivity contribution in [3.8, 4) is 5.75 Å². The van der Waals surface area contributed by atoms with E-state index < -0.39 is 0 Å². The van der Waals surface area contributed by atoms with Gasteiger partial charge >= 0.3 is 0 Å². The molecule has 5 heteroatoms. The Hall–Kier alpha value is -2.04. The van der Waals surface area contributed by atoms with Gasteiger partial charge in [0.2, 0.25) is 5.91 Å². The summed E-state index contributed by atoms with van der Waals surface area (Å²) in [7, 11) is 1.60. The maximum Gasteiger partial charge on any atom is 0.257 e. The number of nitrogens with zero attached hydrogens (tertiary/aromatic N) is 2. The van der Waals surface area contributed by atoms with Gasteiger partial charge in [0.25, 0.3) is 5.91 Å². The molecule has 1 aliphatic rings. The van der Waals surface area contributed by atoms with Crippen LogP contribution in [0.5, 0.6) is 5.75 Å². The molecule has 25 heavy (non-hydrogen) atoms. The lowest BCUT2D eigenvalue weighted by molar-refractivity contribution is -0.132. The Labute approximate surface area is 150 Å². The normalized spacial score (nSPS) is 14.8. The number of rotatable bonds is 6. The molecular weight excluding hydrogens is 316 g/mol. The zero-order valence-electron chi connectivity index (χ0n) is 15.9. The number of unbranched alkanes of at least 4 members (excludes halogenated alkanes) is 1. The Morgan fingerprint density at radius 3 is 2.32 bits per heavy atom. The SMILES string of the molecule is CCCCC(=O)N1CCN(C(=O)c2ccc(C(C)C)cc2OC)CC1. The van der Waals surface area contributed by atoms with Gasteiger partial charge in [-0.1, -0.05) is 33.3 Å². The fourth-order valence-corrected chi connectivity index (χ4v) is 3.06. The molecule has 1 saturated heterocycles. The molecule has 2 rings (SSSR count). The van der Waals surface area contributed by atoms with Crippen molar-refractivity contribution in [1.29, 1.82) is 0 Å². The summed E-state index contributed by atoms with van der Waals surface area (Å²) >= 11 is 0. The van der Waals surface area contributed by atoms with Crippen LogP contribution in [0.3, 0.4) is 0 Å². The van der Waals surface area contributed by atoms with E-state index in [0.717, 1.165) is 18.4 Å². The molecule has 5 nitrogen and oxygen atoms in total. The number of hydrogen-bond donors (Lipinski definition) is 0. The molecule has 0 unspecified atom stereocenters. The average molecular weight is 346 g/mol. The molecule has 0 bridgehead atoms. The number of methoxy groups -OCH3 is 1. The molecule has 0 radical (unpaired) electrons. The lowest BCUT2D eigenvalue weighted by Gasteiger charge is -2.35. The third-order valence-electron chi connectivity index (χ3n) is 4.79. The Balaban J connectivity index is 2.02. The van der Waals surface area contributed by atoms with Crippen LogP contribution >= 0.6 is 0 Å². The molecule has 138 valence electrons. The number of benzene rings is 1. The van der Waals surface area contributed by atoms with Crippen LogP contribution in [-0.2, 0) is 4.79 Å². The van der Waals surface area contributed by atoms with Crippen LogP contribution in [0.25, 0.3) is 0 Å². The Morgan fingerprint density at radius 1 is 1.12 bits per heavy atom. The van der Waals surface area contributed by atoms with E-state index in [4.69, 9.17) is 4.74 Å². The number of carbonyl (C=O) groups excluding carboxylic acids is 2. The van der Waals surface area contributed by atoms with E-state index in [0.29, 0.717) is 49.8 Å². The van der Waals surface area contributed by atoms with Gasteiger partial charge in [-0.2, -0.15) is 0 Å². The monoisotopic (exact) mass is 346 g/mol. The fourth-order valence-electron chi connectivity index (χ4n) is 3.06. The van der Waals surface area contributed by atoms with Crippen molar-refractivity contribution in [2.45, 2.75) is 46.0 Å². The quantitative estimate of drug-likeness (QED) is 0.794. The first-order valence-electron chi connectivity index (χ1n) is 9.22. The van der Waals surface area contributed by atoms with Crippen molar-refractivity contribution in [1.82, 2.24) is 9.80 Å². The van der Waals surface area contributed by atoms with Crippen LogP contribution in [-0.4, -0.2) is 54.9 Å². The van der Waals surface area contributed by atoms with Crippen molar-refractivity contribution < 1.29 is 14.3 Å². The summed E-state index contributed by atoms with van der Waals surface area (Å²) in [6.45, 7) is 8.69. The van der Waals surface area contributed by atoms with Gasteiger partial charge in [0, 0.05) is 32.6 Å². The largest absolute Gasteiger partial charge is 0.496 e. The molecule has 0 spiro atoms. The minimum absolute atomic E-state index is 0.0205. The van der Waals surface area contributed by atoms with Crippen LogP contribution in [0.1, 0.15) is 61.9 Å². The van der Waals surface area contributed by atoms with Gasteiger partial charge in [0.15, 0.2) is 0 Å². The third-order valence-corrected chi connectivity index (χ3v) is 4.79. The highest BCUT2D eigenvalue weighted by molar-refractivity contribution is 5.97. The summed E-state index contributed by atoms with van der Waals surface area (Å²) in [6.07, 6.45) is 2.56. The molecule has 0 saturated carbocycles. The standard InChI is InChI=1S/C20H30N2O3/c1-5-6-7-19(23)21-10-12-22(13-11-21)20(24)17-9-8-16(15(2)3)14-18(17)25-4/h8-9,14-15H,5-7,10-13H2,1-4H3. The summed E-state index contributed by atoms with van der Waals surface area (Å²) < 4.78 is 5.44. The first kappa shape index (κ1) is 19.3. The smallest absolute Gasteiger partial charge is 0.257 e. The second-order valence-electron chi connectivity index (χ2n) is 6.89. The van der Waals surface area contributed by atoms with E-state index in [1.807, 2.05) is 28.0 Å².